The third-order valence-corrected chi connectivity index (χ3v) is 17.9. The minimum Gasteiger partial charge on any atom is -0.311 e. The first kappa shape index (κ1) is 35.6. The minimum absolute atomic E-state index is 0.0186. The summed E-state index contributed by atoms with van der Waals surface area (Å²) in [6.45, 7) is 4.62. The summed E-state index contributed by atoms with van der Waals surface area (Å²) in [6, 6.07) is 81.7. The Kier molecular flexibility index (Phi) is 8.09. The van der Waals surface area contributed by atoms with Crippen LogP contribution in [0.1, 0.15) is 11.1 Å². The number of hydrogen-bond donors (Lipinski definition) is 0. The number of aryl methyl sites for hydroxylation is 2. The monoisotopic (exact) mass is 795 g/mol. The van der Waals surface area contributed by atoms with Gasteiger partial charge in [-0.1, -0.05) is 146 Å². The maximum Gasteiger partial charge on any atom is 0.251 e. The van der Waals surface area contributed by atoms with E-state index in [9.17, 15) is 0 Å². The highest BCUT2D eigenvalue weighted by Crippen LogP contribution is 2.48. The molecule has 0 radical (unpaired) electrons. The van der Waals surface area contributed by atoms with E-state index in [0.29, 0.717) is 0 Å². The molecule has 0 saturated carbocycles. The third-order valence-electron chi connectivity index (χ3n) is 13.1. The van der Waals surface area contributed by atoms with Gasteiger partial charge in [-0.05, 0) is 135 Å². The van der Waals surface area contributed by atoms with Crippen molar-refractivity contribution in [2.45, 2.75) is 13.8 Å². The Bertz CT molecular complexity index is 2900. The number of para-hydroxylation sites is 4. The van der Waals surface area contributed by atoms with Crippen molar-refractivity contribution in [2.24, 2.45) is 0 Å². The van der Waals surface area contributed by atoms with Crippen LogP contribution in [0.4, 0.5) is 51.2 Å². The van der Waals surface area contributed by atoms with Crippen LogP contribution < -0.4 is 51.8 Å². The summed E-state index contributed by atoms with van der Waals surface area (Å²) in [7, 11) is -2.96. The van der Waals surface area contributed by atoms with Gasteiger partial charge in [-0.2, -0.15) is 0 Å². The van der Waals surface area contributed by atoms with Gasteiger partial charge in [-0.25, -0.2) is 0 Å². The molecule has 5 heteroatoms. The van der Waals surface area contributed by atoms with Crippen LogP contribution in [0.5, 0.6) is 0 Å². The van der Waals surface area contributed by atoms with Crippen molar-refractivity contribution in [3.8, 4) is 0 Å². The molecule has 3 nitrogen and oxygen atoms in total. The molecule has 3 heterocycles. The Labute approximate surface area is 359 Å². The molecular weight excluding hydrogens is 754 g/mol. The van der Waals surface area contributed by atoms with Crippen LogP contribution in [0.25, 0.3) is 0 Å². The predicted molar refractivity (Wildman–Crippen MR) is 262 cm³/mol. The zero-order chi connectivity index (χ0) is 40.7. The molecular formula is C56H42BN3Si. The standard InChI is InChI=1S/C56H42BN3Si/c1-39-33-48-55-52(35-39)61(46-29-17-7-18-30-46,47-31-19-8-20-32-47)53-36-40(2)34-49-56(53)57(55)54-50(59(48)43-25-13-5-14-26-43)37-45(38-51(54)60(49)44-27-15-6-16-28-44)58(41-21-9-3-10-22-41)42-23-11-4-12-24-42/h3-38H,1-2H3. The second-order valence-electron chi connectivity index (χ2n) is 16.7. The largest absolute Gasteiger partial charge is 0.311 e. The summed E-state index contributed by atoms with van der Waals surface area (Å²) in [6.07, 6.45) is 0. The molecule has 3 aliphatic rings. The van der Waals surface area contributed by atoms with Gasteiger partial charge < -0.3 is 14.7 Å². The van der Waals surface area contributed by atoms with E-state index in [1.807, 2.05) is 0 Å². The SMILES string of the molecule is Cc1cc2c3c(c1)[Si](c1ccccc1)(c1ccccc1)c1cc(C)cc4c1B3c1c(cc(N(c3ccccc3)c3ccccc3)cc1N4c1ccccc1)N2c1ccccc1. The fraction of sp³-hybridized carbons (Fsp3) is 0.0357. The molecule has 0 fully saturated rings. The van der Waals surface area contributed by atoms with Crippen LogP contribution in [0.3, 0.4) is 0 Å². The van der Waals surface area contributed by atoms with E-state index in [4.69, 9.17) is 0 Å². The number of anilines is 9. The molecule has 0 atom stereocenters. The normalized spacial score (nSPS) is 13.8. The number of nitrogens with zero attached hydrogens (tertiary/aromatic N) is 3. The molecule has 0 saturated heterocycles. The van der Waals surface area contributed by atoms with Crippen molar-refractivity contribution in [3.05, 3.63) is 230 Å². The van der Waals surface area contributed by atoms with Crippen LogP contribution in [-0.4, -0.2) is 14.8 Å². The lowest BCUT2D eigenvalue weighted by Crippen LogP contribution is -2.88. The summed E-state index contributed by atoms with van der Waals surface area (Å²) in [5.41, 5.74) is 17.3. The first-order valence-electron chi connectivity index (χ1n) is 21.3. The van der Waals surface area contributed by atoms with Gasteiger partial charge in [0.2, 0.25) is 0 Å². The highest BCUT2D eigenvalue weighted by Gasteiger charge is 2.56. The number of rotatable bonds is 7. The first-order valence-corrected chi connectivity index (χ1v) is 23.3. The topological polar surface area (TPSA) is 9.72 Å². The quantitative estimate of drug-likeness (QED) is 0.149. The van der Waals surface area contributed by atoms with Gasteiger partial charge in [0.05, 0.1) is 5.69 Å². The molecule has 288 valence electrons. The van der Waals surface area contributed by atoms with Crippen molar-refractivity contribution in [1.82, 2.24) is 0 Å². The molecule has 3 aliphatic heterocycles. The van der Waals surface area contributed by atoms with E-state index in [-0.39, 0.29) is 6.71 Å². The highest BCUT2D eigenvalue weighted by molar-refractivity contribution is 7.27. The molecule has 0 unspecified atom stereocenters. The second kappa shape index (κ2) is 13.9. The Hall–Kier alpha value is -7.34. The maximum absolute atomic E-state index is 2.96. The number of hydrogen-bond acceptors (Lipinski definition) is 3. The third kappa shape index (κ3) is 5.24. The lowest BCUT2D eigenvalue weighted by Gasteiger charge is -2.52. The molecule has 0 aliphatic carbocycles. The van der Waals surface area contributed by atoms with Gasteiger partial charge in [0.1, 0.15) is 0 Å². The zero-order valence-corrected chi connectivity index (χ0v) is 35.2. The summed E-state index contributed by atoms with van der Waals surface area (Å²) >= 11 is 0. The van der Waals surface area contributed by atoms with Gasteiger partial charge in [0.25, 0.3) is 6.71 Å². The van der Waals surface area contributed by atoms with E-state index in [2.05, 4.69) is 247 Å². The predicted octanol–water partition coefficient (Wildman–Crippen LogP) is 9.55. The maximum atomic E-state index is 2.58. The van der Waals surface area contributed by atoms with Crippen LogP contribution >= 0.6 is 0 Å². The van der Waals surface area contributed by atoms with E-state index >= 15 is 0 Å². The van der Waals surface area contributed by atoms with Crippen LogP contribution in [0.2, 0.25) is 0 Å². The average Bonchev–Trinajstić information content (AvgIpc) is 3.31. The summed E-state index contributed by atoms with van der Waals surface area (Å²) < 4.78 is 0. The Morgan fingerprint density at radius 3 is 1.10 bits per heavy atom. The van der Waals surface area contributed by atoms with Gasteiger partial charge >= 0.3 is 0 Å². The van der Waals surface area contributed by atoms with Crippen molar-refractivity contribution in [3.63, 3.8) is 0 Å². The van der Waals surface area contributed by atoms with E-state index in [1.54, 1.807) is 0 Å². The zero-order valence-electron chi connectivity index (χ0n) is 34.2. The molecule has 9 aromatic rings. The van der Waals surface area contributed by atoms with Crippen molar-refractivity contribution < 1.29 is 0 Å². The van der Waals surface area contributed by atoms with E-state index in [0.717, 1.165) is 28.4 Å². The van der Waals surface area contributed by atoms with E-state index < -0.39 is 8.07 Å². The fourth-order valence-electron chi connectivity index (χ4n) is 10.9. The highest BCUT2D eigenvalue weighted by atomic mass is 28.3. The number of benzene rings is 9. The molecule has 12 rings (SSSR count). The van der Waals surface area contributed by atoms with Gasteiger partial charge in [-0.3, -0.25) is 0 Å². The van der Waals surface area contributed by atoms with Crippen LogP contribution in [0.15, 0.2) is 218 Å². The molecule has 0 aromatic heterocycles. The van der Waals surface area contributed by atoms with Crippen LogP contribution in [0, 0.1) is 13.8 Å². The first-order chi connectivity index (χ1) is 30.1. The smallest absolute Gasteiger partial charge is 0.251 e. The van der Waals surface area contributed by atoms with Gasteiger partial charge in [0, 0.05) is 45.5 Å². The molecule has 0 spiro atoms. The van der Waals surface area contributed by atoms with E-state index in [1.165, 1.54) is 71.0 Å². The second-order valence-corrected chi connectivity index (χ2v) is 20.4. The Balaban J connectivity index is 1.28. The van der Waals surface area contributed by atoms with Crippen molar-refractivity contribution >= 4 is 103 Å². The lowest BCUT2D eigenvalue weighted by molar-refractivity contribution is 1.22. The minimum atomic E-state index is -2.96. The summed E-state index contributed by atoms with van der Waals surface area (Å²) in [5.74, 6) is 0. The molecule has 9 aromatic carbocycles. The lowest BCUT2D eigenvalue weighted by atomic mass is 9.33. The molecule has 0 amide bonds. The summed E-state index contributed by atoms with van der Waals surface area (Å²) in [4.78, 5) is 7.59. The fourth-order valence-corrected chi connectivity index (χ4v) is 16.4. The Morgan fingerprint density at radius 2 is 0.705 bits per heavy atom. The van der Waals surface area contributed by atoms with Crippen LogP contribution in [-0.2, 0) is 0 Å². The van der Waals surface area contributed by atoms with Crippen molar-refractivity contribution in [1.29, 1.82) is 0 Å². The van der Waals surface area contributed by atoms with Gasteiger partial charge in [0.15, 0.2) is 8.07 Å². The molecule has 0 bridgehead atoms. The average molecular weight is 796 g/mol. The Morgan fingerprint density at radius 1 is 0.361 bits per heavy atom. The van der Waals surface area contributed by atoms with Crippen molar-refractivity contribution in [2.75, 3.05) is 14.7 Å². The summed E-state index contributed by atoms with van der Waals surface area (Å²) in [5, 5.41) is 5.79. The molecule has 61 heavy (non-hydrogen) atoms. The molecule has 0 N–H and O–H groups in total. The van der Waals surface area contributed by atoms with Gasteiger partial charge in [-0.15, -0.1) is 0 Å².